The first-order valence-corrected chi connectivity index (χ1v) is 6.62. The average Bonchev–Trinajstić information content (AvgIpc) is 3.08. The highest BCUT2D eigenvalue weighted by atomic mass is 32.2. The maximum atomic E-state index is 5.29. The van der Waals surface area contributed by atoms with Gasteiger partial charge < -0.3 is 4.52 Å². The first-order chi connectivity index (χ1) is 8.33. The van der Waals surface area contributed by atoms with Crippen molar-refractivity contribution in [1.82, 2.24) is 15.1 Å². The number of rotatable bonds is 4. The predicted molar refractivity (Wildman–Crippen MR) is 64.8 cm³/mol. The van der Waals surface area contributed by atoms with E-state index < -0.39 is 0 Å². The van der Waals surface area contributed by atoms with Crippen molar-refractivity contribution in [1.29, 1.82) is 0 Å². The van der Waals surface area contributed by atoms with Crippen LogP contribution in [0.2, 0.25) is 0 Å². The molecular formula is C12H13N3OS. The van der Waals surface area contributed by atoms with Gasteiger partial charge in [-0.2, -0.15) is 4.98 Å². The number of hydrogen-bond donors (Lipinski definition) is 0. The summed E-state index contributed by atoms with van der Waals surface area (Å²) in [5.41, 5.74) is 0. The van der Waals surface area contributed by atoms with E-state index in [2.05, 4.69) is 22.0 Å². The molecule has 0 saturated heterocycles. The second kappa shape index (κ2) is 4.49. The highest BCUT2D eigenvalue weighted by Gasteiger charge is 2.29. The van der Waals surface area contributed by atoms with E-state index in [9.17, 15) is 0 Å². The van der Waals surface area contributed by atoms with Crippen LogP contribution in [0.25, 0.3) is 0 Å². The lowest BCUT2D eigenvalue weighted by Crippen LogP contribution is -1.90. The van der Waals surface area contributed by atoms with Crippen molar-refractivity contribution in [2.24, 2.45) is 0 Å². The Balaban J connectivity index is 1.70. The van der Waals surface area contributed by atoms with Crippen LogP contribution in [-0.4, -0.2) is 15.1 Å². The lowest BCUT2D eigenvalue weighted by molar-refractivity contribution is 0.375. The molecule has 1 aliphatic rings. The lowest BCUT2D eigenvalue weighted by atomic mass is 10.4. The van der Waals surface area contributed by atoms with Gasteiger partial charge in [0.2, 0.25) is 5.89 Å². The highest BCUT2D eigenvalue weighted by molar-refractivity contribution is 7.99. The molecule has 0 unspecified atom stereocenters. The molecule has 4 nitrogen and oxygen atoms in total. The van der Waals surface area contributed by atoms with Crippen LogP contribution < -0.4 is 0 Å². The van der Waals surface area contributed by atoms with Crippen molar-refractivity contribution in [3.63, 3.8) is 0 Å². The van der Waals surface area contributed by atoms with Crippen LogP contribution in [0.4, 0.5) is 0 Å². The Kier molecular flexibility index (Phi) is 2.84. The van der Waals surface area contributed by atoms with Gasteiger partial charge in [-0.05, 0) is 31.9 Å². The van der Waals surface area contributed by atoms with Gasteiger partial charge in [-0.25, -0.2) is 4.98 Å². The Bertz CT molecular complexity index is 495. The van der Waals surface area contributed by atoms with E-state index in [-0.39, 0.29) is 5.25 Å². The van der Waals surface area contributed by atoms with E-state index in [1.165, 1.54) is 12.8 Å². The Morgan fingerprint density at radius 2 is 2.29 bits per heavy atom. The molecule has 17 heavy (non-hydrogen) atoms. The van der Waals surface area contributed by atoms with Gasteiger partial charge in [-0.1, -0.05) is 23.0 Å². The molecule has 0 bridgehead atoms. The largest absolute Gasteiger partial charge is 0.338 e. The first kappa shape index (κ1) is 10.8. The molecule has 2 heterocycles. The van der Waals surface area contributed by atoms with E-state index in [1.54, 1.807) is 18.0 Å². The number of pyridine rings is 1. The molecule has 0 spiro atoms. The third kappa shape index (κ3) is 2.49. The molecule has 1 saturated carbocycles. The molecule has 2 aromatic heterocycles. The van der Waals surface area contributed by atoms with Gasteiger partial charge in [-0.3, -0.25) is 0 Å². The zero-order chi connectivity index (χ0) is 11.7. The third-order valence-corrected chi connectivity index (χ3v) is 3.72. The summed E-state index contributed by atoms with van der Waals surface area (Å²) < 4.78 is 5.29. The summed E-state index contributed by atoms with van der Waals surface area (Å²) in [4.78, 5) is 8.71. The van der Waals surface area contributed by atoms with Gasteiger partial charge in [0.1, 0.15) is 0 Å². The summed E-state index contributed by atoms with van der Waals surface area (Å²) in [6.45, 7) is 2.06. The maximum absolute atomic E-state index is 5.29. The lowest BCUT2D eigenvalue weighted by Gasteiger charge is -2.04. The zero-order valence-electron chi connectivity index (χ0n) is 9.54. The van der Waals surface area contributed by atoms with Crippen molar-refractivity contribution < 1.29 is 4.52 Å². The summed E-state index contributed by atoms with van der Waals surface area (Å²) >= 11 is 1.63. The van der Waals surface area contributed by atoms with Crippen LogP contribution in [0.1, 0.15) is 42.6 Å². The molecule has 0 aromatic carbocycles. The van der Waals surface area contributed by atoms with Crippen LogP contribution >= 0.6 is 11.8 Å². The maximum Gasteiger partial charge on any atom is 0.239 e. The van der Waals surface area contributed by atoms with Crippen LogP contribution in [0, 0.1) is 0 Å². The summed E-state index contributed by atoms with van der Waals surface area (Å²) in [6, 6.07) is 5.87. The monoisotopic (exact) mass is 247 g/mol. The minimum absolute atomic E-state index is 0.143. The molecule has 0 radical (unpaired) electrons. The molecule has 0 aliphatic heterocycles. The Morgan fingerprint density at radius 3 is 3.00 bits per heavy atom. The highest BCUT2D eigenvalue weighted by Crippen LogP contribution is 2.39. The average molecular weight is 247 g/mol. The SMILES string of the molecule is C[C@@H](Sc1ccccn1)c1nc(C2CC2)no1. The third-order valence-electron chi connectivity index (χ3n) is 2.68. The minimum Gasteiger partial charge on any atom is -0.338 e. The summed E-state index contributed by atoms with van der Waals surface area (Å²) in [5, 5.41) is 5.14. The van der Waals surface area contributed by atoms with Crippen molar-refractivity contribution in [2.75, 3.05) is 0 Å². The zero-order valence-corrected chi connectivity index (χ0v) is 10.4. The first-order valence-electron chi connectivity index (χ1n) is 5.74. The van der Waals surface area contributed by atoms with Gasteiger partial charge >= 0.3 is 0 Å². The van der Waals surface area contributed by atoms with E-state index in [1.807, 2.05) is 18.2 Å². The van der Waals surface area contributed by atoms with Crippen LogP contribution in [0.3, 0.4) is 0 Å². The molecule has 1 atom stereocenters. The topological polar surface area (TPSA) is 51.8 Å². The fraction of sp³-hybridized carbons (Fsp3) is 0.417. The summed E-state index contributed by atoms with van der Waals surface area (Å²) in [6.07, 6.45) is 4.18. The molecule has 0 N–H and O–H groups in total. The minimum atomic E-state index is 0.143. The summed E-state index contributed by atoms with van der Waals surface area (Å²) in [7, 11) is 0. The second-order valence-corrected chi connectivity index (χ2v) is 5.55. The molecular weight excluding hydrogens is 234 g/mol. The van der Waals surface area contributed by atoms with Crippen molar-refractivity contribution >= 4 is 11.8 Å². The number of hydrogen-bond acceptors (Lipinski definition) is 5. The Labute approximate surface area is 104 Å². The molecule has 1 fully saturated rings. The molecule has 88 valence electrons. The predicted octanol–water partition coefficient (Wildman–Crippen LogP) is 3.20. The standard InChI is InChI=1S/C12H13N3OS/c1-8(17-10-4-2-3-7-13-10)12-14-11(15-16-12)9-5-6-9/h2-4,7-9H,5-6H2,1H3/t8-/m1/s1. The Hall–Kier alpha value is -1.36. The van der Waals surface area contributed by atoms with Crippen LogP contribution in [0.5, 0.6) is 0 Å². The fourth-order valence-electron chi connectivity index (χ4n) is 1.57. The van der Waals surface area contributed by atoms with E-state index >= 15 is 0 Å². The number of thioether (sulfide) groups is 1. The molecule has 3 rings (SSSR count). The van der Waals surface area contributed by atoms with Gasteiger partial charge in [0, 0.05) is 12.1 Å². The summed E-state index contributed by atoms with van der Waals surface area (Å²) in [5.74, 6) is 2.11. The second-order valence-electron chi connectivity index (χ2n) is 4.19. The van der Waals surface area contributed by atoms with Gasteiger partial charge in [0.05, 0.1) is 10.3 Å². The molecule has 1 aliphatic carbocycles. The fourth-order valence-corrected chi connectivity index (χ4v) is 2.41. The van der Waals surface area contributed by atoms with Gasteiger partial charge in [0.15, 0.2) is 5.82 Å². The Morgan fingerprint density at radius 1 is 1.41 bits per heavy atom. The van der Waals surface area contributed by atoms with E-state index in [0.29, 0.717) is 11.8 Å². The normalized spacial score (nSPS) is 17.0. The van der Waals surface area contributed by atoms with Crippen molar-refractivity contribution in [2.45, 2.75) is 36.0 Å². The number of aromatic nitrogens is 3. The van der Waals surface area contributed by atoms with Crippen molar-refractivity contribution in [3.05, 3.63) is 36.1 Å². The molecule has 5 heteroatoms. The molecule has 0 amide bonds. The van der Waals surface area contributed by atoms with Gasteiger partial charge in [0.25, 0.3) is 0 Å². The number of nitrogens with zero attached hydrogens (tertiary/aromatic N) is 3. The quantitative estimate of drug-likeness (QED) is 0.776. The van der Waals surface area contributed by atoms with Crippen molar-refractivity contribution in [3.8, 4) is 0 Å². The van der Waals surface area contributed by atoms with Crippen LogP contribution in [0.15, 0.2) is 33.9 Å². The van der Waals surface area contributed by atoms with Gasteiger partial charge in [-0.15, -0.1) is 0 Å². The van der Waals surface area contributed by atoms with E-state index in [4.69, 9.17) is 4.52 Å². The molecule has 2 aromatic rings. The smallest absolute Gasteiger partial charge is 0.239 e. The van der Waals surface area contributed by atoms with E-state index in [0.717, 1.165) is 10.9 Å². The van der Waals surface area contributed by atoms with Crippen LogP contribution in [-0.2, 0) is 0 Å².